The van der Waals surface area contributed by atoms with Crippen LogP contribution in [0, 0.1) is 0 Å². The van der Waals surface area contributed by atoms with E-state index < -0.39 is 54.2 Å². The lowest BCUT2D eigenvalue weighted by Gasteiger charge is -2.39. The molecular formula is C16H27N2O9P. The Kier molecular flexibility index (Phi) is 6.42. The lowest BCUT2D eigenvalue weighted by molar-refractivity contribution is -0.107. The molecule has 0 spiro atoms. The van der Waals surface area contributed by atoms with Crippen molar-refractivity contribution in [3.8, 4) is 0 Å². The van der Waals surface area contributed by atoms with Crippen molar-refractivity contribution in [2.75, 3.05) is 0 Å². The molecule has 1 aromatic rings. The number of hydrogen-bond acceptors (Lipinski definition) is 8. The van der Waals surface area contributed by atoms with Gasteiger partial charge < -0.3 is 29.9 Å². The van der Waals surface area contributed by atoms with Gasteiger partial charge in [-0.1, -0.05) is 13.8 Å². The van der Waals surface area contributed by atoms with Gasteiger partial charge in [0.25, 0.3) is 5.56 Å². The Labute approximate surface area is 160 Å². The topological polar surface area (TPSA) is 182 Å². The van der Waals surface area contributed by atoms with E-state index in [9.17, 15) is 34.4 Å². The van der Waals surface area contributed by atoms with E-state index >= 15 is 0 Å². The van der Waals surface area contributed by atoms with E-state index in [1.807, 2.05) is 4.98 Å². The molecule has 1 fully saturated rings. The van der Waals surface area contributed by atoms with Crippen LogP contribution in [-0.4, -0.2) is 59.4 Å². The fourth-order valence-electron chi connectivity index (χ4n) is 3.25. The zero-order chi connectivity index (χ0) is 21.5. The van der Waals surface area contributed by atoms with Crippen LogP contribution in [0.2, 0.25) is 0 Å². The van der Waals surface area contributed by atoms with Crippen molar-refractivity contribution in [1.82, 2.24) is 9.97 Å². The van der Waals surface area contributed by atoms with Crippen molar-refractivity contribution in [3.63, 3.8) is 0 Å². The highest BCUT2D eigenvalue weighted by molar-refractivity contribution is 7.54. The Balaban J connectivity index is 2.32. The minimum absolute atomic E-state index is 0.0422. The molecule has 1 saturated heterocycles. The van der Waals surface area contributed by atoms with E-state index in [0.717, 1.165) is 6.20 Å². The van der Waals surface area contributed by atoms with Gasteiger partial charge in [0.15, 0.2) is 5.34 Å². The Morgan fingerprint density at radius 1 is 1.21 bits per heavy atom. The van der Waals surface area contributed by atoms with Crippen LogP contribution >= 0.6 is 7.60 Å². The van der Waals surface area contributed by atoms with Gasteiger partial charge in [-0.3, -0.25) is 18.9 Å². The number of aliphatic hydroxyl groups excluding tert-OH is 2. The standard InChI is InChI=1S/C16H27N2O9P/c1-5-16(23,6-2)28(24,25)27-15(3,4)12-10(20)9(19)11(26-12)8-7-17-14(22)18-13(8)21/h7,9-12,19-20,23H,5-6H2,1-4H3,(H,24,25)(H2,17,18,21,22)/t9-,10+,11?,12+/m1/s1. The molecule has 2 heterocycles. The Hall–Kier alpha value is -1.33. The van der Waals surface area contributed by atoms with Crippen LogP contribution in [0.3, 0.4) is 0 Å². The second-order valence-electron chi connectivity index (χ2n) is 7.39. The first-order chi connectivity index (χ1) is 12.8. The molecule has 2 unspecified atom stereocenters. The number of aliphatic hydroxyl groups is 3. The molecule has 0 bridgehead atoms. The Morgan fingerprint density at radius 3 is 2.29 bits per heavy atom. The molecule has 2 rings (SSSR count). The average Bonchev–Trinajstić information content (AvgIpc) is 2.89. The summed E-state index contributed by atoms with van der Waals surface area (Å²) in [6.07, 6.45) is -4.77. The summed E-state index contributed by atoms with van der Waals surface area (Å²) in [6, 6.07) is 0. The van der Waals surface area contributed by atoms with E-state index in [1.54, 1.807) is 0 Å². The zero-order valence-electron chi connectivity index (χ0n) is 16.1. The normalized spacial score (nSPS) is 28.3. The molecular weight excluding hydrogens is 395 g/mol. The van der Waals surface area contributed by atoms with E-state index in [-0.39, 0.29) is 18.4 Å². The SMILES string of the molecule is CCC(O)(CC)P(=O)(O)OC(C)(C)[C@H]1OC(c2c[nH]c(=O)[nH]c2=O)[C@H](O)[C@@H]1O. The second kappa shape index (κ2) is 7.83. The first-order valence-electron chi connectivity index (χ1n) is 8.89. The van der Waals surface area contributed by atoms with Gasteiger partial charge in [-0.05, 0) is 26.7 Å². The summed E-state index contributed by atoms with van der Waals surface area (Å²) in [5, 5.41) is 29.2. The smallest absolute Gasteiger partial charge is 0.359 e. The van der Waals surface area contributed by atoms with Crippen LogP contribution in [-0.2, 0) is 13.8 Å². The largest absolute Gasteiger partial charge is 0.387 e. The number of ether oxygens (including phenoxy) is 1. The number of nitrogens with one attached hydrogen (secondary N) is 2. The predicted octanol–water partition coefficient (Wildman–Crippen LogP) is -0.286. The quantitative estimate of drug-likeness (QED) is 0.322. The van der Waals surface area contributed by atoms with Crippen LogP contribution in [0.1, 0.15) is 52.2 Å². The van der Waals surface area contributed by atoms with Gasteiger partial charge >= 0.3 is 13.3 Å². The molecule has 28 heavy (non-hydrogen) atoms. The molecule has 5 atom stereocenters. The van der Waals surface area contributed by atoms with Crippen LogP contribution < -0.4 is 11.2 Å². The maximum Gasteiger partial charge on any atom is 0.359 e. The predicted molar refractivity (Wildman–Crippen MR) is 97.8 cm³/mol. The van der Waals surface area contributed by atoms with Crippen molar-refractivity contribution in [2.45, 2.75) is 75.9 Å². The molecule has 160 valence electrons. The van der Waals surface area contributed by atoms with Crippen LogP contribution in [0.25, 0.3) is 0 Å². The lowest BCUT2D eigenvalue weighted by atomic mass is 9.94. The van der Waals surface area contributed by atoms with Crippen LogP contribution in [0.15, 0.2) is 15.8 Å². The third-order valence-corrected chi connectivity index (χ3v) is 7.52. The Morgan fingerprint density at radius 2 is 1.79 bits per heavy atom. The third-order valence-electron chi connectivity index (χ3n) is 5.12. The molecule has 0 aromatic carbocycles. The van der Waals surface area contributed by atoms with Crippen molar-refractivity contribution in [2.24, 2.45) is 0 Å². The third kappa shape index (κ3) is 4.02. The number of hydrogen-bond donors (Lipinski definition) is 6. The number of rotatable bonds is 7. The average molecular weight is 422 g/mol. The van der Waals surface area contributed by atoms with Crippen molar-refractivity contribution in [3.05, 3.63) is 32.6 Å². The van der Waals surface area contributed by atoms with Crippen molar-refractivity contribution in [1.29, 1.82) is 0 Å². The van der Waals surface area contributed by atoms with Crippen molar-refractivity contribution < 1.29 is 34.0 Å². The highest BCUT2D eigenvalue weighted by Gasteiger charge is 2.56. The summed E-state index contributed by atoms with van der Waals surface area (Å²) in [4.78, 5) is 37.7. The molecule has 0 amide bonds. The summed E-state index contributed by atoms with van der Waals surface area (Å²) in [7, 11) is -4.58. The van der Waals surface area contributed by atoms with E-state index in [2.05, 4.69) is 4.98 Å². The van der Waals surface area contributed by atoms with Gasteiger partial charge in [0.1, 0.15) is 30.0 Å². The van der Waals surface area contributed by atoms with Gasteiger partial charge in [0, 0.05) is 6.20 Å². The molecule has 0 radical (unpaired) electrons. The van der Waals surface area contributed by atoms with Gasteiger partial charge in [-0.2, -0.15) is 0 Å². The van der Waals surface area contributed by atoms with E-state index in [4.69, 9.17) is 9.26 Å². The molecule has 6 N–H and O–H groups in total. The number of H-pyrrole nitrogens is 2. The van der Waals surface area contributed by atoms with Crippen molar-refractivity contribution >= 4 is 7.60 Å². The maximum atomic E-state index is 12.7. The fraction of sp³-hybridized carbons (Fsp3) is 0.750. The molecule has 1 aliphatic rings. The molecule has 12 heteroatoms. The lowest BCUT2D eigenvalue weighted by Crippen LogP contribution is -2.47. The molecule has 0 saturated carbocycles. The molecule has 1 aliphatic heterocycles. The highest BCUT2D eigenvalue weighted by Crippen LogP contribution is 2.60. The first-order valence-corrected chi connectivity index (χ1v) is 10.5. The zero-order valence-corrected chi connectivity index (χ0v) is 17.0. The van der Waals surface area contributed by atoms with Gasteiger partial charge in [-0.25, -0.2) is 4.79 Å². The van der Waals surface area contributed by atoms with E-state index in [0.29, 0.717) is 0 Å². The summed E-state index contributed by atoms with van der Waals surface area (Å²) < 4.78 is 23.6. The van der Waals surface area contributed by atoms with Crippen LogP contribution in [0.5, 0.6) is 0 Å². The van der Waals surface area contributed by atoms with Gasteiger partial charge in [0.2, 0.25) is 0 Å². The second-order valence-corrected chi connectivity index (χ2v) is 9.45. The maximum absolute atomic E-state index is 12.7. The number of aromatic amines is 2. The monoisotopic (exact) mass is 422 g/mol. The van der Waals surface area contributed by atoms with Gasteiger partial charge in [-0.15, -0.1) is 0 Å². The summed E-state index contributed by atoms with van der Waals surface area (Å²) in [5.74, 6) is 0. The Bertz CT molecular complexity index is 860. The molecule has 0 aliphatic carbocycles. The minimum atomic E-state index is -4.58. The summed E-state index contributed by atoms with van der Waals surface area (Å²) >= 11 is 0. The molecule has 11 nitrogen and oxygen atoms in total. The first kappa shape index (κ1) is 23.0. The highest BCUT2D eigenvalue weighted by atomic mass is 31.2. The van der Waals surface area contributed by atoms with E-state index in [1.165, 1.54) is 27.7 Å². The number of aromatic nitrogens is 2. The minimum Gasteiger partial charge on any atom is -0.387 e. The van der Waals surface area contributed by atoms with Crippen LogP contribution in [0.4, 0.5) is 0 Å². The van der Waals surface area contributed by atoms with Gasteiger partial charge in [0.05, 0.1) is 5.56 Å². The summed E-state index contributed by atoms with van der Waals surface area (Å²) in [6.45, 7) is 5.79. The molecule has 1 aromatic heterocycles. The fourth-order valence-corrected chi connectivity index (χ4v) is 4.96. The summed E-state index contributed by atoms with van der Waals surface area (Å²) in [5.41, 5.74) is -3.30.